The molecule has 0 aliphatic carbocycles. The van der Waals surface area contributed by atoms with Crippen molar-refractivity contribution in [1.29, 1.82) is 0 Å². The number of nitrogens with zero attached hydrogens (tertiary/aromatic N) is 3. The van der Waals surface area contributed by atoms with Gasteiger partial charge in [0.25, 0.3) is 0 Å². The van der Waals surface area contributed by atoms with Crippen LogP contribution in [0.2, 0.25) is 0 Å². The summed E-state index contributed by atoms with van der Waals surface area (Å²) in [5, 5.41) is 6.01. The van der Waals surface area contributed by atoms with Crippen molar-refractivity contribution in [2.45, 2.75) is 13.5 Å². The molecule has 1 saturated heterocycles. The number of benzene rings is 1. The number of rotatable bonds is 3. The van der Waals surface area contributed by atoms with E-state index >= 15 is 0 Å². The molecule has 6 heteroatoms. The van der Waals surface area contributed by atoms with Gasteiger partial charge in [0.2, 0.25) is 0 Å². The molecule has 1 aromatic heterocycles. The van der Waals surface area contributed by atoms with E-state index in [0.717, 1.165) is 49.3 Å². The maximum absolute atomic E-state index is 12.2. The molecule has 118 valence electrons. The fourth-order valence-electron chi connectivity index (χ4n) is 2.82. The first-order chi connectivity index (χ1) is 10.7. The number of carbonyl (C=O) groups excluding carboxylic acids is 1. The van der Waals surface area contributed by atoms with Crippen molar-refractivity contribution in [2.75, 3.05) is 38.5 Å². The van der Waals surface area contributed by atoms with Gasteiger partial charge in [-0.1, -0.05) is 18.2 Å². The van der Waals surface area contributed by atoms with Crippen LogP contribution in [0.4, 0.5) is 10.5 Å². The third-order valence-electron chi connectivity index (χ3n) is 4.14. The number of amides is 2. The zero-order valence-corrected chi connectivity index (χ0v) is 13.2. The molecule has 1 fully saturated rings. The lowest BCUT2D eigenvalue weighted by atomic mass is 10.2. The Labute approximate surface area is 130 Å². The summed E-state index contributed by atoms with van der Waals surface area (Å²) in [6.45, 7) is 6.61. The number of likely N-dealkylation sites (N-methyl/N-ethyl adjacent to an activating group) is 1. The molecule has 22 heavy (non-hydrogen) atoms. The SMILES string of the molecule is CCn1cc(NC(=O)NN2CCN(C)CC2)c2ccccc21. The molecule has 2 N–H and O–H groups in total. The number of piperazine rings is 1. The van der Waals surface area contributed by atoms with E-state index in [4.69, 9.17) is 0 Å². The van der Waals surface area contributed by atoms with E-state index in [1.54, 1.807) is 0 Å². The quantitative estimate of drug-likeness (QED) is 0.911. The Hall–Kier alpha value is -2.05. The lowest BCUT2D eigenvalue weighted by Gasteiger charge is -2.32. The molecular formula is C16H23N5O. The van der Waals surface area contributed by atoms with Gasteiger partial charge in [0.1, 0.15) is 0 Å². The lowest BCUT2D eigenvalue weighted by Crippen LogP contribution is -2.53. The number of para-hydroxylation sites is 1. The number of fused-ring (bicyclic) bond motifs is 1. The molecule has 6 nitrogen and oxygen atoms in total. The van der Waals surface area contributed by atoms with Crippen LogP contribution in [0.5, 0.6) is 0 Å². The zero-order chi connectivity index (χ0) is 15.5. The normalized spacial score (nSPS) is 16.8. The number of anilines is 1. The van der Waals surface area contributed by atoms with Crippen molar-refractivity contribution in [3.8, 4) is 0 Å². The maximum atomic E-state index is 12.2. The molecule has 0 unspecified atom stereocenters. The minimum atomic E-state index is -0.177. The molecule has 2 amide bonds. The van der Waals surface area contributed by atoms with Crippen molar-refractivity contribution < 1.29 is 4.79 Å². The number of hydrogen-bond donors (Lipinski definition) is 2. The van der Waals surface area contributed by atoms with E-state index < -0.39 is 0 Å². The Morgan fingerprint density at radius 3 is 2.64 bits per heavy atom. The second kappa shape index (κ2) is 6.37. The average Bonchev–Trinajstić information content (AvgIpc) is 2.88. The number of nitrogens with one attached hydrogen (secondary N) is 2. The summed E-state index contributed by atoms with van der Waals surface area (Å²) < 4.78 is 2.14. The van der Waals surface area contributed by atoms with E-state index in [0.29, 0.717) is 0 Å². The van der Waals surface area contributed by atoms with Crippen LogP contribution < -0.4 is 10.7 Å². The molecular weight excluding hydrogens is 278 g/mol. The first-order valence-electron chi connectivity index (χ1n) is 7.76. The van der Waals surface area contributed by atoms with Gasteiger partial charge in [-0.25, -0.2) is 9.80 Å². The topological polar surface area (TPSA) is 52.5 Å². The van der Waals surface area contributed by atoms with Crippen LogP contribution in [0.25, 0.3) is 10.9 Å². The third-order valence-corrected chi connectivity index (χ3v) is 4.14. The molecule has 2 aromatic rings. The Bertz CT molecular complexity index is 658. The minimum Gasteiger partial charge on any atom is -0.346 e. The first-order valence-corrected chi connectivity index (χ1v) is 7.76. The minimum absolute atomic E-state index is 0.177. The van der Waals surface area contributed by atoms with Gasteiger partial charge in [-0.15, -0.1) is 0 Å². The van der Waals surface area contributed by atoms with Gasteiger partial charge in [0.15, 0.2) is 0 Å². The summed E-state index contributed by atoms with van der Waals surface area (Å²) in [5.74, 6) is 0. The van der Waals surface area contributed by atoms with Crippen molar-refractivity contribution in [3.63, 3.8) is 0 Å². The Morgan fingerprint density at radius 1 is 1.18 bits per heavy atom. The Kier molecular flexibility index (Phi) is 4.31. The van der Waals surface area contributed by atoms with Crippen LogP contribution in [-0.2, 0) is 6.54 Å². The average molecular weight is 301 g/mol. The molecule has 0 bridgehead atoms. The number of urea groups is 1. The van der Waals surface area contributed by atoms with Crippen LogP contribution in [0, 0.1) is 0 Å². The zero-order valence-electron chi connectivity index (χ0n) is 13.2. The standard InChI is InChI=1S/C16H23N5O/c1-3-20-12-14(13-6-4-5-7-15(13)20)17-16(22)18-21-10-8-19(2)9-11-21/h4-7,12H,3,8-11H2,1-2H3,(H2,17,18,22). The Morgan fingerprint density at radius 2 is 1.91 bits per heavy atom. The number of aryl methyl sites for hydroxylation is 1. The van der Waals surface area contributed by atoms with E-state index in [1.807, 2.05) is 29.4 Å². The molecule has 0 atom stereocenters. The van der Waals surface area contributed by atoms with Crippen LogP contribution in [0.3, 0.4) is 0 Å². The monoisotopic (exact) mass is 301 g/mol. The highest BCUT2D eigenvalue weighted by Crippen LogP contribution is 2.25. The highest BCUT2D eigenvalue weighted by atomic mass is 16.2. The smallest absolute Gasteiger partial charge is 0.333 e. The highest BCUT2D eigenvalue weighted by molar-refractivity contribution is 6.01. The van der Waals surface area contributed by atoms with E-state index in [9.17, 15) is 4.79 Å². The fraction of sp³-hybridized carbons (Fsp3) is 0.438. The summed E-state index contributed by atoms with van der Waals surface area (Å²) in [5.41, 5.74) is 4.92. The van der Waals surface area contributed by atoms with Gasteiger partial charge >= 0.3 is 6.03 Å². The van der Waals surface area contributed by atoms with Gasteiger partial charge in [-0.2, -0.15) is 0 Å². The molecule has 2 heterocycles. The number of hydrazine groups is 1. The van der Waals surface area contributed by atoms with Crippen LogP contribution in [-0.4, -0.2) is 53.7 Å². The molecule has 0 saturated carbocycles. The van der Waals surface area contributed by atoms with Crippen molar-refractivity contribution in [3.05, 3.63) is 30.5 Å². The first kappa shape index (κ1) is 14.9. The van der Waals surface area contributed by atoms with Gasteiger partial charge in [-0.05, 0) is 20.0 Å². The second-order valence-corrected chi connectivity index (χ2v) is 5.70. The summed E-state index contributed by atoms with van der Waals surface area (Å²) in [7, 11) is 2.09. The van der Waals surface area contributed by atoms with E-state index in [-0.39, 0.29) is 6.03 Å². The predicted octanol–water partition coefficient (Wildman–Crippen LogP) is 1.95. The van der Waals surface area contributed by atoms with E-state index in [1.165, 1.54) is 0 Å². The largest absolute Gasteiger partial charge is 0.346 e. The molecule has 3 rings (SSSR count). The molecule has 1 aliphatic rings. The second-order valence-electron chi connectivity index (χ2n) is 5.70. The number of carbonyl (C=O) groups is 1. The third kappa shape index (κ3) is 3.08. The fourth-order valence-corrected chi connectivity index (χ4v) is 2.82. The van der Waals surface area contributed by atoms with Crippen molar-refractivity contribution >= 4 is 22.6 Å². The summed E-state index contributed by atoms with van der Waals surface area (Å²) in [6, 6.07) is 7.94. The van der Waals surface area contributed by atoms with Gasteiger partial charge in [0.05, 0.1) is 11.2 Å². The predicted molar refractivity (Wildman–Crippen MR) is 88.8 cm³/mol. The molecule has 1 aliphatic heterocycles. The van der Waals surface area contributed by atoms with Gasteiger partial charge in [0, 0.05) is 44.3 Å². The summed E-state index contributed by atoms with van der Waals surface area (Å²) >= 11 is 0. The van der Waals surface area contributed by atoms with Crippen LogP contribution in [0.1, 0.15) is 6.92 Å². The van der Waals surface area contributed by atoms with Crippen molar-refractivity contribution in [1.82, 2.24) is 19.9 Å². The molecule has 1 aromatic carbocycles. The van der Waals surface area contributed by atoms with E-state index in [2.05, 4.69) is 40.2 Å². The Balaban J connectivity index is 1.69. The summed E-state index contributed by atoms with van der Waals surface area (Å²) in [4.78, 5) is 14.5. The van der Waals surface area contributed by atoms with Crippen LogP contribution >= 0.6 is 0 Å². The number of aromatic nitrogens is 1. The lowest BCUT2D eigenvalue weighted by molar-refractivity contribution is 0.116. The molecule has 0 spiro atoms. The van der Waals surface area contributed by atoms with Gasteiger partial charge in [-0.3, -0.25) is 5.43 Å². The number of hydrogen-bond acceptors (Lipinski definition) is 3. The maximum Gasteiger partial charge on any atom is 0.333 e. The summed E-state index contributed by atoms with van der Waals surface area (Å²) in [6.07, 6.45) is 1.99. The van der Waals surface area contributed by atoms with Crippen LogP contribution in [0.15, 0.2) is 30.5 Å². The van der Waals surface area contributed by atoms with Crippen molar-refractivity contribution in [2.24, 2.45) is 0 Å². The van der Waals surface area contributed by atoms with Gasteiger partial charge < -0.3 is 14.8 Å². The highest BCUT2D eigenvalue weighted by Gasteiger charge is 2.16. The molecule has 0 radical (unpaired) electrons.